The summed E-state index contributed by atoms with van der Waals surface area (Å²) in [4.78, 5) is 1.43. The number of hydrogen-bond donors (Lipinski definition) is 1. The number of nitrogens with two attached hydrogens (primary N) is 1. The van der Waals surface area contributed by atoms with Crippen LogP contribution in [0.15, 0.2) is 48.5 Å². The summed E-state index contributed by atoms with van der Waals surface area (Å²) < 4.78 is 22.9. The van der Waals surface area contributed by atoms with Gasteiger partial charge < -0.3 is 24.7 Å². The van der Waals surface area contributed by atoms with Crippen molar-refractivity contribution >= 4 is 32.0 Å². The number of hydrogen-bond acceptors (Lipinski definition) is 5. The van der Waals surface area contributed by atoms with Gasteiger partial charge in [0, 0.05) is 16.2 Å². The number of methoxy groups -OCH3 is 2. The summed E-state index contributed by atoms with van der Waals surface area (Å²) in [5, 5.41) is 2.40. The van der Waals surface area contributed by atoms with Gasteiger partial charge in [0.2, 0.25) is 6.79 Å². The topological polar surface area (TPSA) is 62.9 Å². The minimum atomic E-state index is -0.0329. The molecule has 0 bridgehead atoms. The van der Waals surface area contributed by atoms with Gasteiger partial charge in [0.25, 0.3) is 0 Å². The third-order valence-corrected chi connectivity index (χ3v) is 8.94. The summed E-state index contributed by atoms with van der Waals surface area (Å²) in [6.45, 7) is 0.291. The molecular formula is C28H27NO4S. The van der Waals surface area contributed by atoms with Crippen LogP contribution in [0, 0.1) is 0 Å². The quantitative estimate of drug-likeness (QED) is 0.391. The van der Waals surface area contributed by atoms with Crippen molar-refractivity contribution in [1.29, 1.82) is 0 Å². The number of benzene rings is 3. The zero-order valence-electron chi connectivity index (χ0n) is 19.4. The molecule has 174 valence electrons. The molecule has 5 nitrogen and oxygen atoms in total. The van der Waals surface area contributed by atoms with Crippen molar-refractivity contribution in [3.05, 3.63) is 76.3 Å². The second-order valence-electron chi connectivity index (χ2n) is 8.68. The van der Waals surface area contributed by atoms with Crippen molar-refractivity contribution in [2.24, 2.45) is 0 Å². The lowest BCUT2D eigenvalue weighted by Gasteiger charge is -2.32. The van der Waals surface area contributed by atoms with Gasteiger partial charge in [-0.25, -0.2) is 0 Å². The van der Waals surface area contributed by atoms with Crippen LogP contribution in [-0.2, 0) is 12.8 Å². The Morgan fingerprint density at radius 1 is 0.912 bits per heavy atom. The highest BCUT2D eigenvalue weighted by Crippen LogP contribution is 2.54. The molecule has 6 heteroatoms. The number of nitrogen functional groups attached to an aromatic ring is 1. The van der Waals surface area contributed by atoms with E-state index in [-0.39, 0.29) is 10.5 Å². The van der Waals surface area contributed by atoms with E-state index in [2.05, 4.69) is 35.7 Å². The van der Waals surface area contributed by atoms with Gasteiger partial charge in [-0.2, -0.15) is 10.5 Å². The average Bonchev–Trinajstić information content (AvgIpc) is 3.32. The van der Waals surface area contributed by atoms with Gasteiger partial charge in [-0.15, -0.1) is 0 Å². The summed E-state index contributed by atoms with van der Waals surface area (Å²) >= 11 is 0. The average molecular weight is 474 g/mol. The largest absolute Gasteiger partial charge is 0.493 e. The highest BCUT2D eigenvalue weighted by Gasteiger charge is 2.30. The molecule has 3 aliphatic heterocycles. The Bertz CT molecular complexity index is 1360. The van der Waals surface area contributed by atoms with Crippen LogP contribution in [0.1, 0.15) is 34.2 Å². The van der Waals surface area contributed by atoms with Crippen LogP contribution in [0.3, 0.4) is 0 Å². The number of allylic oxidation sites excluding steroid dienone is 1. The van der Waals surface area contributed by atoms with E-state index in [9.17, 15) is 0 Å². The Morgan fingerprint density at radius 2 is 1.71 bits per heavy atom. The summed E-state index contributed by atoms with van der Waals surface area (Å²) in [5.74, 6) is 4.35. The molecular weight excluding hydrogens is 446 g/mol. The van der Waals surface area contributed by atoms with Gasteiger partial charge in [0.1, 0.15) is 0 Å². The molecule has 3 aliphatic rings. The maximum Gasteiger partial charge on any atom is 0.231 e. The molecule has 0 aromatic heterocycles. The maximum atomic E-state index is 5.91. The van der Waals surface area contributed by atoms with E-state index < -0.39 is 0 Å². The van der Waals surface area contributed by atoms with Crippen molar-refractivity contribution in [3.8, 4) is 23.0 Å². The van der Waals surface area contributed by atoms with E-state index in [0.717, 1.165) is 59.3 Å². The van der Waals surface area contributed by atoms with Gasteiger partial charge >= 0.3 is 0 Å². The molecule has 0 fully saturated rings. The van der Waals surface area contributed by atoms with Crippen molar-refractivity contribution in [2.75, 3.05) is 32.5 Å². The normalized spacial score (nSPS) is 17.4. The highest BCUT2D eigenvalue weighted by molar-refractivity contribution is 8.23. The molecule has 0 saturated heterocycles. The molecule has 2 N–H and O–H groups in total. The third-order valence-electron chi connectivity index (χ3n) is 6.78. The minimum absolute atomic E-state index is 0.0329. The Morgan fingerprint density at radius 3 is 2.47 bits per heavy atom. The van der Waals surface area contributed by atoms with Crippen LogP contribution in [0.25, 0.3) is 10.5 Å². The van der Waals surface area contributed by atoms with Crippen molar-refractivity contribution in [1.82, 2.24) is 0 Å². The molecule has 6 rings (SSSR count). The smallest absolute Gasteiger partial charge is 0.231 e. The fourth-order valence-corrected chi connectivity index (χ4v) is 7.50. The lowest BCUT2D eigenvalue weighted by atomic mass is 9.90. The van der Waals surface area contributed by atoms with Gasteiger partial charge in [-0.3, -0.25) is 0 Å². The van der Waals surface area contributed by atoms with E-state index in [4.69, 9.17) is 24.7 Å². The Labute approximate surface area is 202 Å². The van der Waals surface area contributed by atoms with Crippen LogP contribution in [0.4, 0.5) is 5.69 Å². The fourth-order valence-electron chi connectivity index (χ4n) is 5.10. The second-order valence-corrected chi connectivity index (χ2v) is 10.6. The lowest BCUT2D eigenvalue weighted by Crippen LogP contribution is -2.13. The molecule has 0 amide bonds. The summed E-state index contributed by atoms with van der Waals surface area (Å²) in [6.07, 6.45) is 2.87. The van der Waals surface area contributed by atoms with Gasteiger partial charge in [0.05, 0.1) is 14.2 Å². The van der Waals surface area contributed by atoms with Crippen LogP contribution >= 0.6 is 10.5 Å². The fraction of sp³-hybridized carbons (Fsp3) is 0.250. The first-order chi connectivity index (χ1) is 16.7. The Balaban J connectivity index is 1.54. The molecule has 0 radical (unpaired) electrons. The molecule has 0 spiro atoms. The number of anilines is 1. The van der Waals surface area contributed by atoms with Crippen molar-refractivity contribution in [2.45, 2.75) is 19.3 Å². The minimum Gasteiger partial charge on any atom is -0.493 e. The summed E-state index contributed by atoms with van der Waals surface area (Å²) in [7, 11) is 3.38. The molecule has 0 saturated carbocycles. The number of ether oxygens (including phenoxy) is 4. The van der Waals surface area contributed by atoms with E-state index in [1.165, 1.54) is 32.7 Å². The molecule has 3 heterocycles. The molecule has 0 aliphatic carbocycles. The zero-order chi connectivity index (χ0) is 23.2. The highest BCUT2D eigenvalue weighted by atomic mass is 32.2. The summed E-state index contributed by atoms with van der Waals surface area (Å²) in [6, 6.07) is 16.8. The number of rotatable bonds is 5. The number of aryl methyl sites for hydroxylation is 2. The lowest BCUT2D eigenvalue weighted by molar-refractivity contribution is 0.174. The molecule has 1 atom stereocenters. The molecule has 1 unspecified atom stereocenters. The van der Waals surface area contributed by atoms with Gasteiger partial charge in [-0.1, -0.05) is 18.2 Å². The molecule has 3 aromatic carbocycles. The molecule has 3 aromatic rings. The predicted octanol–water partition coefficient (Wildman–Crippen LogP) is 5.50. The van der Waals surface area contributed by atoms with Gasteiger partial charge in [0.15, 0.2) is 23.0 Å². The zero-order valence-corrected chi connectivity index (χ0v) is 20.2. The van der Waals surface area contributed by atoms with Crippen molar-refractivity contribution in [3.63, 3.8) is 0 Å². The Kier molecular flexibility index (Phi) is 5.26. The standard InChI is InChI=1S/C28H27NO4S/c1-30-24-10-9-20-21(8-5-17-3-6-19(29)7-4-17)28-22-14-26-25(32-16-33-26)13-18(22)11-12-34(28)15-23(20)27(24)31-2/h3-4,6-7,9-10,13-15H,5,8,11-12,16,29H2,1-2H3. The predicted molar refractivity (Wildman–Crippen MR) is 139 cm³/mol. The first kappa shape index (κ1) is 21.2. The first-order valence-electron chi connectivity index (χ1n) is 11.5. The number of fused-ring (bicyclic) bond motifs is 5. The van der Waals surface area contributed by atoms with E-state index in [0.29, 0.717) is 6.79 Å². The Hall–Kier alpha value is -3.38. The van der Waals surface area contributed by atoms with E-state index in [1.54, 1.807) is 14.2 Å². The van der Waals surface area contributed by atoms with Crippen LogP contribution in [0.2, 0.25) is 0 Å². The molecule has 34 heavy (non-hydrogen) atoms. The van der Waals surface area contributed by atoms with Crippen LogP contribution in [-0.4, -0.2) is 32.1 Å². The van der Waals surface area contributed by atoms with Crippen LogP contribution < -0.4 is 24.7 Å². The second kappa shape index (κ2) is 8.44. The third kappa shape index (κ3) is 3.44. The SMILES string of the molecule is COc1ccc2c(c1OC)C=S1CCc3cc4c(cc3C1=C2CCc1ccc(N)cc1)OCO4. The summed E-state index contributed by atoms with van der Waals surface area (Å²) in [5.41, 5.74) is 14.4. The van der Waals surface area contributed by atoms with Gasteiger partial charge in [-0.05, 0) is 88.5 Å². The van der Waals surface area contributed by atoms with E-state index in [1.807, 2.05) is 18.2 Å². The first-order valence-corrected chi connectivity index (χ1v) is 12.9. The van der Waals surface area contributed by atoms with Crippen molar-refractivity contribution < 1.29 is 18.9 Å². The van der Waals surface area contributed by atoms with Crippen LogP contribution in [0.5, 0.6) is 23.0 Å². The monoisotopic (exact) mass is 473 g/mol. The maximum absolute atomic E-state index is 5.91. The van der Waals surface area contributed by atoms with E-state index >= 15 is 0 Å².